The summed E-state index contributed by atoms with van der Waals surface area (Å²) in [6, 6.07) is -0.154. The van der Waals surface area contributed by atoms with Crippen LogP contribution >= 0.6 is 0 Å². The number of nitrogens with one attached hydrogen (secondary N) is 4. The number of aliphatic hydroxyl groups excluding tert-OH is 1. The molecule has 0 spiro atoms. The topological polar surface area (TPSA) is 106 Å². The lowest BCUT2D eigenvalue weighted by Crippen LogP contribution is -2.37. The van der Waals surface area contributed by atoms with E-state index in [0.717, 1.165) is 73.9 Å². The van der Waals surface area contributed by atoms with E-state index in [1.807, 2.05) is 13.0 Å². The van der Waals surface area contributed by atoms with Gasteiger partial charge in [-0.05, 0) is 79.2 Å². The van der Waals surface area contributed by atoms with Gasteiger partial charge in [-0.25, -0.2) is 0 Å². The number of rotatable bonds is 4. The SMILES string of the molecule is C=Cc1c2[nH]c(c1C)/C=C1\NC(C3=c4[nH]c(c(C)c4=C(O)[C@@H]3C(=O)OC)/C=c3\[nH]c(c(C)c3CC)=C2)[C@@H](CC)[C@@H]1C. The molecule has 5 heterocycles. The first-order valence-electron chi connectivity index (χ1n) is 14.6. The van der Waals surface area contributed by atoms with Gasteiger partial charge in [-0.1, -0.05) is 39.8 Å². The van der Waals surface area contributed by atoms with E-state index < -0.39 is 11.9 Å². The van der Waals surface area contributed by atoms with Crippen LogP contribution in [-0.2, 0) is 16.0 Å². The normalized spacial score (nSPS) is 24.8. The minimum atomic E-state index is -0.850. The number of carbonyl (C=O) groups excluding carboxylic acids is 1. The lowest BCUT2D eigenvalue weighted by Gasteiger charge is -2.25. The lowest BCUT2D eigenvalue weighted by atomic mass is 9.81. The van der Waals surface area contributed by atoms with Gasteiger partial charge in [-0.2, -0.15) is 0 Å². The highest BCUT2D eigenvalue weighted by Crippen LogP contribution is 2.41. The summed E-state index contributed by atoms with van der Waals surface area (Å²) >= 11 is 0. The Morgan fingerprint density at radius 3 is 2.37 bits per heavy atom. The zero-order valence-electron chi connectivity index (χ0n) is 25.0. The van der Waals surface area contributed by atoms with Gasteiger partial charge in [-0.3, -0.25) is 4.79 Å². The van der Waals surface area contributed by atoms with Gasteiger partial charge >= 0.3 is 5.97 Å². The molecule has 7 heteroatoms. The molecule has 0 saturated carbocycles. The van der Waals surface area contributed by atoms with Gasteiger partial charge in [0.1, 0.15) is 11.7 Å². The molecule has 41 heavy (non-hydrogen) atoms. The molecule has 5 N–H and O–H groups in total. The number of carbonyl (C=O) groups is 1. The molecule has 6 rings (SSSR count). The third kappa shape index (κ3) is 3.81. The molecule has 2 aliphatic heterocycles. The van der Waals surface area contributed by atoms with E-state index in [1.165, 1.54) is 18.2 Å². The summed E-state index contributed by atoms with van der Waals surface area (Å²) in [4.78, 5) is 24.2. The Morgan fingerprint density at radius 2 is 1.71 bits per heavy atom. The van der Waals surface area contributed by atoms with Crippen molar-refractivity contribution in [3.63, 3.8) is 0 Å². The maximum atomic E-state index is 13.2. The number of aliphatic hydroxyl groups is 1. The molecule has 0 radical (unpaired) electrons. The smallest absolute Gasteiger partial charge is 0.320 e. The standard InChI is InChI=1S/C34H40N4O3/c1-9-19-15(4)22-12-24-17(6)21(11-3)31(37-24)29-30(34(40)41-8)33(39)28-18(7)25(38-32(28)29)14-27-20(10-2)16(5)23(36-27)13-26(19)35-22/h9,12-14,17,21,30-31,35-39H,1,10-11H2,2-8H3/b23-13?,24-12-,27-14-/t17-,21-,30+,31?/m0/s1. The summed E-state index contributed by atoms with van der Waals surface area (Å²) in [5.74, 6) is -0.809. The fourth-order valence-electron chi connectivity index (χ4n) is 7.45. The van der Waals surface area contributed by atoms with Crippen molar-refractivity contribution in [2.75, 3.05) is 7.11 Å². The van der Waals surface area contributed by atoms with Gasteiger partial charge < -0.3 is 30.1 Å². The van der Waals surface area contributed by atoms with Crippen LogP contribution in [-0.4, -0.2) is 39.2 Å². The number of methoxy groups -OCH3 is 1. The van der Waals surface area contributed by atoms with E-state index in [1.54, 1.807) is 0 Å². The number of aromatic amines is 3. The fraction of sp³-hybridized carbons (Fsp3) is 0.382. The first-order chi connectivity index (χ1) is 19.6. The van der Waals surface area contributed by atoms with Gasteiger partial charge in [0, 0.05) is 50.2 Å². The molecule has 4 atom stereocenters. The minimum absolute atomic E-state index is 0.0611. The van der Waals surface area contributed by atoms with Gasteiger partial charge in [0.15, 0.2) is 0 Å². The molecule has 8 bridgehead atoms. The monoisotopic (exact) mass is 552 g/mol. The number of fused-ring (bicyclic) bond motifs is 8. The van der Waals surface area contributed by atoms with E-state index in [-0.39, 0.29) is 23.6 Å². The summed E-state index contributed by atoms with van der Waals surface area (Å²) in [6.07, 6.45) is 10.2. The summed E-state index contributed by atoms with van der Waals surface area (Å²) in [7, 11) is 1.38. The number of esters is 1. The first-order valence-corrected chi connectivity index (χ1v) is 14.6. The molecule has 7 nitrogen and oxygen atoms in total. The molecule has 1 fully saturated rings. The summed E-state index contributed by atoms with van der Waals surface area (Å²) in [6.45, 7) is 17.0. The molecule has 1 aliphatic carbocycles. The molecule has 1 saturated heterocycles. The molecule has 0 aromatic carbocycles. The largest absolute Gasteiger partial charge is 0.510 e. The molecule has 3 aromatic heterocycles. The van der Waals surface area contributed by atoms with Gasteiger partial charge in [0.25, 0.3) is 0 Å². The molecule has 3 aliphatic rings. The summed E-state index contributed by atoms with van der Waals surface area (Å²) < 4.78 is 5.23. The van der Waals surface area contributed by atoms with Crippen molar-refractivity contribution in [2.24, 2.45) is 17.8 Å². The van der Waals surface area contributed by atoms with Gasteiger partial charge in [0.05, 0.1) is 18.5 Å². The number of ether oxygens (including phenoxy) is 1. The highest BCUT2D eigenvalue weighted by atomic mass is 16.5. The highest BCUT2D eigenvalue weighted by molar-refractivity contribution is 5.95. The number of hydrogen-bond donors (Lipinski definition) is 5. The Morgan fingerprint density at radius 1 is 1.00 bits per heavy atom. The molecule has 3 aromatic rings. The van der Waals surface area contributed by atoms with Crippen molar-refractivity contribution >= 4 is 41.6 Å². The van der Waals surface area contributed by atoms with Crippen LogP contribution in [0.25, 0.3) is 35.6 Å². The summed E-state index contributed by atoms with van der Waals surface area (Å²) in [5.41, 5.74) is 10.5. The van der Waals surface area contributed by atoms with Crippen LogP contribution in [0.3, 0.4) is 0 Å². The second-order valence-corrected chi connectivity index (χ2v) is 11.7. The van der Waals surface area contributed by atoms with Crippen LogP contribution in [0.2, 0.25) is 0 Å². The van der Waals surface area contributed by atoms with Crippen molar-refractivity contribution in [1.82, 2.24) is 20.3 Å². The van der Waals surface area contributed by atoms with Crippen molar-refractivity contribution in [1.29, 1.82) is 0 Å². The van der Waals surface area contributed by atoms with E-state index in [9.17, 15) is 9.90 Å². The number of H-pyrrole nitrogens is 3. The molecular weight excluding hydrogens is 512 g/mol. The lowest BCUT2D eigenvalue weighted by molar-refractivity contribution is -0.142. The predicted molar refractivity (Wildman–Crippen MR) is 164 cm³/mol. The number of hydrogen-bond acceptors (Lipinski definition) is 4. The molecule has 214 valence electrons. The Kier molecular flexibility index (Phi) is 6.44. The van der Waals surface area contributed by atoms with Crippen LogP contribution < -0.4 is 26.6 Å². The van der Waals surface area contributed by atoms with Crippen molar-refractivity contribution in [3.05, 3.63) is 78.4 Å². The third-order valence-electron chi connectivity index (χ3n) is 9.80. The Hall–Kier alpha value is -4.13. The Labute approximate surface area is 240 Å². The maximum Gasteiger partial charge on any atom is 0.320 e. The van der Waals surface area contributed by atoms with Gasteiger partial charge in [0.2, 0.25) is 0 Å². The average molecular weight is 553 g/mol. The zero-order valence-corrected chi connectivity index (χ0v) is 25.0. The number of aromatic nitrogens is 3. The van der Waals surface area contributed by atoms with Gasteiger partial charge in [-0.15, -0.1) is 0 Å². The molecular formula is C34H40N4O3. The van der Waals surface area contributed by atoms with Crippen molar-refractivity contribution in [2.45, 2.75) is 60.4 Å². The fourth-order valence-corrected chi connectivity index (χ4v) is 7.45. The Bertz CT molecular complexity index is 1890. The Balaban J connectivity index is 1.76. The van der Waals surface area contributed by atoms with Crippen LogP contribution in [0.5, 0.6) is 0 Å². The van der Waals surface area contributed by atoms with Crippen LogP contribution in [0.15, 0.2) is 12.3 Å². The zero-order chi connectivity index (χ0) is 29.3. The van der Waals surface area contributed by atoms with E-state index in [2.05, 4.69) is 79.7 Å². The van der Waals surface area contributed by atoms with Crippen LogP contribution in [0.4, 0.5) is 0 Å². The van der Waals surface area contributed by atoms with E-state index >= 15 is 0 Å². The first kappa shape index (κ1) is 27.1. The van der Waals surface area contributed by atoms with Crippen molar-refractivity contribution in [3.8, 4) is 0 Å². The minimum Gasteiger partial charge on any atom is -0.510 e. The van der Waals surface area contributed by atoms with Crippen LogP contribution in [0.1, 0.15) is 72.1 Å². The number of allylic oxidation sites excluding steroid dienone is 1. The van der Waals surface area contributed by atoms with E-state index in [4.69, 9.17) is 4.74 Å². The quantitative estimate of drug-likeness (QED) is 0.321. The molecule has 1 unspecified atom stereocenters. The summed E-state index contributed by atoms with van der Waals surface area (Å²) in [5, 5.41) is 19.0. The van der Waals surface area contributed by atoms with Crippen LogP contribution in [0, 0.1) is 38.5 Å². The predicted octanol–water partition coefficient (Wildman–Crippen LogP) is 3.07. The second kappa shape index (κ2) is 9.75. The third-order valence-corrected chi connectivity index (χ3v) is 9.80. The maximum absolute atomic E-state index is 13.2. The van der Waals surface area contributed by atoms with E-state index in [0.29, 0.717) is 5.22 Å². The van der Waals surface area contributed by atoms with Crippen molar-refractivity contribution < 1.29 is 14.6 Å². The second-order valence-electron chi connectivity index (χ2n) is 11.7. The average Bonchev–Trinajstić information content (AvgIpc) is 3.69. The highest BCUT2D eigenvalue weighted by Gasteiger charge is 2.46. The molecule has 0 amide bonds.